The molecule has 0 bridgehead atoms. The van der Waals surface area contributed by atoms with E-state index in [2.05, 4.69) is 16.0 Å². The number of benzene rings is 2. The number of halogens is 3. The van der Waals surface area contributed by atoms with Crippen LogP contribution >= 0.6 is 0 Å². The fraction of sp³-hybridized carbons (Fsp3) is 0.483. The van der Waals surface area contributed by atoms with Gasteiger partial charge >= 0.3 is 6.18 Å². The number of hydrogen-bond donors (Lipinski definition) is 4. The first-order valence-electron chi connectivity index (χ1n) is 13.2. The molecule has 1 amide bonds. The highest BCUT2D eigenvalue weighted by Crippen LogP contribution is 2.29. The van der Waals surface area contributed by atoms with Gasteiger partial charge in [0.05, 0.1) is 32.4 Å². The number of aliphatic hydroxyl groups is 1. The molecule has 0 radical (unpaired) electrons. The van der Waals surface area contributed by atoms with Gasteiger partial charge in [-0.05, 0) is 43.5 Å². The number of epoxide rings is 1. The van der Waals surface area contributed by atoms with Crippen LogP contribution in [0, 0.1) is 0 Å². The number of hydrogen-bond acceptors (Lipinski definition) is 8. The minimum absolute atomic E-state index is 0.0331. The molecule has 0 saturated carbocycles. The minimum Gasteiger partial charge on any atom is -0.497 e. The molecule has 41 heavy (non-hydrogen) atoms. The van der Waals surface area contributed by atoms with Crippen molar-refractivity contribution in [2.24, 2.45) is 0 Å². The number of methoxy groups -OCH3 is 1. The standard InChI is InChI=1S/C29H36F3N3O6/c1-19(34-24(15-36)29(30,31)32)26(39)35-28(17-37,14-21-9-11-22(40-3)12-10-21)16-33-23(25(38)27(2)18-41-27)13-20-7-5-4-6-8-20/h4-12,17,19,23-24,33-34,36H,13-16,18H2,1-3H3,(H,35,39)/t19-,23-,24?,27+,28+/m0/s1. The number of carbonyl (C=O) groups is 3. The van der Waals surface area contributed by atoms with Crippen LogP contribution in [0.25, 0.3) is 0 Å². The highest BCUT2D eigenvalue weighted by molar-refractivity contribution is 5.94. The van der Waals surface area contributed by atoms with E-state index in [-0.39, 0.29) is 31.8 Å². The zero-order chi connectivity index (χ0) is 30.3. The fourth-order valence-electron chi connectivity index (χ4n) is 4.38. The zero-order valence-electron chi connectivity index (χ0n) is 23.2. The van der Waals surface area contributed by atoms with Gasteiger partial charge in [-0.2, -0.15) is 13.2 Å². The summed E-state index contributed by atoms with van der Waals surface area (Å²) in [6.45, 7) is 1.66. The van der Waals surface area contributed by atoms with E-state index in [0.29, 0.717) is 17.6 Å². The van der Waals surface area contributed by atoms with Gasteiger partial charge < -0.3 is 30.0 Å². The predicted octanol–water partition coefficient (Wildman–Crippen LogP) is 1.75. The van der Waals surface area contributed by atoms with Gasteiger partial charge in [0.1, 0.15) is 29.2 Å². The van der Waals surface area contributed by atoms with Crippen molar-refractivity contribution in [1.29, 1.82) is 0 Å². The summed E-state index contributed by atoms with van der Waals surface area (Å²) < 4.78 is 50.1. The molecule has 1 heterocycles. The van der Waals surface area contributed by atoms with Crippen LogP contribution in [0.1, 0.15) is 25.0 Å². The number of carbonyl (C=O) groups excluding carboxylic acids is 3. The van der Waals surface area contributed by atoms with Crippen molar-refractivity contribution in [3.8, 4) is 5.75 Å². The molecule has 5 atom stereocenters. The first kappa shape index (κ1) is 32.2. The van der Waals surface area contributed by atoms with Crippen molar-refractivity contribution in [1.82, 2.24) is 16.0 Å². The molecule has 2 aromatic rings. The van der Waals surface area contributed by atoms with Crippen LogP contribution in [-0.2, 0) is 32.0 Å². The monoisotopic (exact) mass is 579 g/mol. The van der Waals surface area contributed by atoms with Crippen molar-refractivity contribution in [3.63, 3.8) is 0 Å². The van der Waals surface area contributed by atoms with Crippen LogP contribution in [0.2, 0.25) is 0 Å². The van der Waals surface area contributed by atoms with E-state index in [9.17, 15) is 27.6 Å². The molecule has 0 spiro atoms. The number of amides is 1. The Morgan fingerprint density at radius 3 is 2.27 bits per heavy atom. The van der Waals surface area contributed by atoms with Crippen molar-refractivity contribution in [2.45, 2.75) is 62.1 Å². The second-order valence-electron chi connectivity index (χ2n) is 10.5. The lowest BCUT2D eigenvalue weighted by molar-refractivity contribution is -0.166. The summed E-state index contributed by atoms with van der Waals surface area (Å²) in [5.41, 5.74) is -1.12. The summed E-state index contributed by atoms with van der Waals surface area (Å²) in [7, 11) is 1.50. The van der Waals surface area contributed by atoms with Gasteiger partial charge in [-0.25, -0.2) is 0 Å². The Bertz CT molecular complexity index is 1170. The smallest absolute Gasteiger partial charge is 0.406 e. The molecule has 2 aromatic carbocycles. The Morgan fingerprint density at radius 2 is 1.76 bits per heavy atom. The molecule has 0 aromatic heterocycles. The van der Waals surface area contributed by atoms with E-state index < -0.39 is 48.0 Å². The summed E-state index contributed by atoms with van der Waals surface area (Å²) >= 11 is 0. The number of ether oxygens (including phenoxy) is 2. The van der Waals surface area contributed by atoms with Gasteiger partial charge in [0, 0.05) is 13.0 Å². The number of nitrogens with one attached hydrogen (secondary N) is 3. The van der Waals surface area contributed by atoms with Gasteiger partial charge in [-0.3, -0.25) is 14.9 Å². The predicted molar refractivity (Wildman–Crippen MR) is 144 cm³/mol. The molecule has 1 fully saturated rings. The Morgan fingerprint density at radius 1 is 1.12 bits per heavy atom. The number of aliphatic hydroxyl groups excluding tert-OH is 1. The average molecular weight is 580 g/mol. The van der Waals surface area contributed by atoms with Crippen molar-refractivity contribution in [3.05, 3.63) is 65.7 Å². The first-order chi connectivity index (χ1) is 19.3. The molecule has 1 aliphatic rings. The number of alkyl halides is 3. The van der Waals surface area contributed by atoms with Crippen LogP contribution in [0.15, 0.2) is 54.6 Å². The van der Waals surface area contributed by atoms with E-state index in [0.717, 1.165) is 5.56 Å². The van der Waals surface area contributed by atoms with Crippen molar-refractivity contribution < 1.29 is 42.1 Å². The Hall–Kier alpha value is -3.32. The maximum atomic E-state index is 13.3. The average Bonchev–Trinajstić information content (AvgIpc) is 3.71. The second kappa shape index (κ2) is 13.6. The third kappa shape index (κ3) is 8.83. The summed E-state index contributed by atoms with van der Waals surface area (Å²) in [5.74, 6) is -0.541. The van der Waals surface area contributed by atoms with Crippen LogP contribution < -0.4 is 20.7 Å². The Kier molecular flexibility index (Phi) is 10.6. The number of ketones is 1. The molecular formula is C29H36F3N3O6. The normalized spacial score (nSPS) is 20.3. The molecule has 4 N–H and O–H groups in total. The molecule has 1 aliphatic heterocycles. The number of Topliss-reactive ketones (excluding diaryl/α,β-unsaturated/α-hetero) is 1. The van der Waals surface area contributed by atoms with Gasteiger partial charge in [0.2, 0.25) is 5.91 Å². The summed E-state index contributed by atoms with van der Waals surface area (Å²) in [6.07, 6.45) is -4.02. The molecular weight excluding hydrogens is 543 g/mol. The number of aldehydes is 1. The zero-order valence-corrected chi connectivity index (χ0v) is 23.2. The lowest BCUT2D eigenvalue weighted by atomic mass is 9.89. The molecule has 224 valence electrons. The maximum Gasteiger partial charge on any atom is 0.406 e. The summed E-state index contributed by atoms with van der Waals surface area (Å²) in [5, 5.41) is 17.0. The van der Waals surface area contributed by atoms with Crippen LogP contribution in [0.4, 0.5) is 13.2 Å². The van der Waals surface area contributed by atoms with E-state index in [1.54, 1.807) is 31.2 Å². The highest BCUT2D eigenvalue weighted by Gasteiger charge is 2.50. The van der Waals surface area contributed by atoms with Gasteiger partial charge in [-0.15, -0.1) is 0 Å². The molecule has 1 unspecified atom stereocenters. The van der Waals surface area contributed by atoms with Gasteiger partial charge in [0.25, 0.3) is 0 Å². The van der Waals surface area contributed by atoms with E-state index in [4.69, 9.17) is 14.6 Å². The summed E-state index contributed by atoms with van der Waals surface area (Å²) in [4.78, 5) is 39.1. The highest BCUT2D eigenvalue weighted by atomic mass is 19.4. The van der Waals surface area contributed by atoms with Crippen LogP contribution in [0.3, 0.4) is 0 Å². The quantitative estimate of drug-likeness (QED) is 0.175. The Balaban J connectivity index is 1.86. The topological polar surface area (TPSA) is 129 Å². The SMILES string of the molecule is COc1ccc(C[C@](C=O)(CN[C@@H](Cc2ccccc2)C(=O)[C@@]2(C)CO2)NC(=O)[C@H](C)NC(CO)C(F)(F)F)cc1. The molecule has 12 heteroatoms. The minimum atomic E-state index is -4.79. The fourth-order valence-corrected chi connectivity index (χ4v) is 4.38. The van der Waals surface area contributed by atoms with Crippen molar-refractivity contribution in [2.75, 3.05) is 26.9 Å². The lowest BCUT2D eigenvalue weighted by Crippen LogP contribution is -2.63. The second-order valence-corrected chi connectivity index (χ2v) is 10.5. The van der Waals surface area contributed by atoms with Crippen molar-refractivity contribution >= 4 is 18.0 Å². The molecule has 0 aliphatic carbocycles. The molecule has 3 rings (SSSR count). The van der Waals surface area contributed by atoms with Crippen LogP contribution in [-0.4, -0.2) is 85.4 Å². The third-order valence-corrected chi connectivity index (χ3v) is 7.06. The van der Waals surface area contributed by atoms with E-state index in [1.165, 1.54) is 14.0 Å². The van der Waals surface area contributed by atoms with E-state index >= 15 is 0 Å². The third-order valence-electron chi connectivity index (χ3n) is 7.06. The number of rotatable bonds is 16. The first-order valence-corrected chi connectivity index (χ1v) is 13.2. The van der Waals surface area contributed by atoms with Gasteiger partial charge in [0.15, 0.2) is 5.78 Å². The molecule has 1 saturated heterocycles. The van der Waals surface area contributed by atoms with Crippen LogP contribution in [0.5, 0.6) is 5.75 Å². The van der Waals surface area contributed by atoms with Gasteiger partial charge in [-0.1, -0.05) is 42.5 Å². The summed E-state index contributed by atoms with van der Waals surface area (Å²) in [6, 6.07) is 11.4. The maximum absolute atomic E-state index is 13.3. The largest absolute Gasteiger partial charge is 0.497 e. The Labute approximate surface area is 236 Å². The lowest BCUT2D eigenvalue weighted by Gasteiger charge is -2.34. The van der Waals surface area contributed by atoms with E-state index in [1.807, 2.05) is 30.3 Å². The molecule has 9 nitrogen and oxygen atoms in total.